The molecule has 0 saturated heterocycles. The third-order valence-corrected chi connectivity index (χ3v) is 7.54. The van der Waals surface area contributed by atoms with Crippen LogP contribution in [0.2, 0.25) is 0 Å². The van der Waals surface area contributed by atoms with Gasteiger partial charge in [-0.2, -0.15) is 0 Å². The number of benzene rings is 3. The number of carbonyl (C=O) groups excluding carboxylic acids is 3. The van der Waals surface area contributed by atoms with Crippen LogP contribution in [-0.2, 0) is 20.7 Å². The highest BCUT2D eigenvalue weighted by molar-refractivity contribution is 5.91. The van der Waals surface area contributed by atoms with E-state index < -0.39 is 29.7 Å². The molecule has 2 atom stereocenters. The van der Waals surface area contributed by atoms with Gasteiger partial charge in [-0.3, -0.25) is 9.59 Å². The molecule has 0 spiro atoms. The number of ether oxygens (including phenoxy) is 1. The molecule has 3 aromatic carbocycles. The average molecular weight is 572 g/mol. The molecular weight excluding hydrogens is 530 g/mol. The minimum absolute atomic E-state index is 0.129. The van der Waals surface area contributed by atoms with Crippen LogP contribution in [0.1, 0.15) is 67.9 Å². The maximum absolute atomic E-state index is 13.4. The van der Waals surface area contributed by atoms with E-state index in [-0.39, 0.29) is 24.0 Å². The van der Waals surface area contributed by atoms with Crippen molar-refractivity contribution in [2.45, 2.75) is 78.0 Å². The largest absolute Gasteiger partial charge is 0.508 e. The summed E-state index contributed by atoms with van der Waals surface area (Å²) in [5.74, 6) is -0.503. The van der Waals surface area contributed by atoms with E-state index in [1.54, 1.807) is 39.8 Å². The van der Waals surface area contributed by atoms with Gasteiger partial charge in [-0.05, 0) is 99.0 Å². The number of phenolic OH excluding ortho intramolecular Hbond substituents is 1. The van der Waals surface area contributed by atoms with E-state index in [2.05, 4.69) is 40.2 Å². The first-order valence-corrected chi connectivity index (χ1v) is 14.4. The second kappa shape index (κ2) is 12.7. The number of aryl methyl sites for hydroxylation is 2. The van der Waals surface area contributed by atoms with Crippen LogP contribution in [0, 0.1) is 13.8 Å². The first-order chi connectivity index (χ1) is 19.8. The highest BCUT2D eigenvalue weighted by atomic mass is 16.6. The zero-order valence-electron chi connectivity index (χ0n) is 25.2. The number of rotatable bonds is 9. The van der Waals surface area contributed by atoms with Gasteiger partial charge in [0, 0.05) is 18.9 Å². The van der Waals surface area contributed by atoms with Gasteiger partial charge in [-0.25, -0.2) is 4.79 Å². The summed E-state index contributed by atoms with van der Waals surface area (Å²) in [6.45, 7) is 11.0. The Labute approximate surface area is 247 Å². The van der Waals surface area contributed by atoms with Crippen molar-refractivity contribution in [1.82, 2.24) is 16.0 Å². The molecule has 4 N–H and O–H groups in total. The van der Waals surface area contributed by atoms with Crippen molar-refractivity contribution < 1.29 is 24.2 Å². The van der Waals surface area contributed by atoms with Crippen LogP contribution in [0.5, 0.6) is 5.75 Å². The number of aromatic hydroxyl groups is 1. The van der Waals surface area contributed by atoms with Gasteiger partial charge in [0.2, 0.25) is 11.8 Å². The second-order valence-corrected chi connectivity index (χ2v) is 12.0. The first kappa shape index (κ1) is 30.6. The van der Waals surface area contributed by atoms with E-state index in [0.29, 0.717) is 6.54 Å². The van der Waals surface area contributed by atoms with Gasteiger partial charge in [0.05, 0.1) is 0 Å². The average Bonchev–Trinajstić information content (AvgIpc) is 3.22. The summed E-state index contributed by atoms with van der Waals surface area (Å²) < 4.78 is 5.39. The molecular formula is C34H41N3O5. The molecule has 1 aliphatic rings. The van der Waals surface area contributed by atoms with Gasteiger partial charge in [-0.15, -0.1) is 0 Å². The molecule has 4 rings (SSSR count). The monoisotopic (exact) mass is 571 g/mol. The summed E-state index contributed by atoms with van der Waals surface area (Å²) in [7, 11) is 0. The number of hydrogen-bond acceptors (Lipinski definition) is 5. The maximum atomic E-state index is 13.4. The van der Waals surface area contributed by atoms with Crippen molar-refractivity contribution in [1.29, 1.82) is 0 Å². The van der Waals surface area contributed by atoms with Crippen molar-refractivity contribution in [3.8, 4) is 16.9 Å². The standard InChI is InChI=1S/C34H41N3O5/c1-20-17-23(38)18-21(2)29(20)19-30(37-33(41)42-34(4,5)6)32(40)36-22(3)31(39)35-16-15-28-26-13-9-7-11-24(26)25-12-8-10-14-27(25)28/h7-14,17-18,22,28,30,38H,15-16,19H2,1-6H3,(H,35,39)(H,36,40)(H,37,41)/t22-,30+/m1/s1. The molecule has 0 aliphatic heterocycles. The van der Waals surface area contributed by atoms with Crippen LogP contribution in [0.4, 0.5) is 4.79 Å². The van der Waals surface area contributed by atoms with Gasteiger partial charge in [0.1, 0.15) is 23.4 Å². The Kier molecular flexibility index (Phi) is 9.24. The SMILES string of the molecule is Cc1cc(O)cc(C)c1C[C@H](NC(=O)OC(C)(C)C)C(=O)N[C@H](C)C(=O)NCCC1c2ccccc2-c2ccccc21. The van der Waals surface area contributed by atoms with Crippen LogP contribution in [-0.4, -0.2) is 47.2 Å². The summed E-state index contributed by atoms with van der Waals surface area (Å²) in [6.07, 6.45) is 0.159. The first-order valence-electron chi connectivity index (χ1n) is 14.4. The molecule has 0 aromatic heterocycles. The minimum atomic E-state index is -0.997. The van der Waals surface area contributed by atoms with Crippen molar-refractivity contribution in [3.05, 3.63) is 88.5 Å². The summed E-state index contributed by atoms with van der Waals surface area (Å²) in [5.41, 5.74) is 6.62. The summed E-state index contributed by atoms with van der Waals surface area (Å²) in [5, 5.41) is 18.3. The predicted molar refractivity (Wildman–Crippen MR) is 163 cm³/mol. The third-order valence-electron chi connectivity index (χ3n) is 7.54. The van der Waals surface area contributed by atoms with Gasteiger partial charge in [0.25, 0.3) is 0 Å². The van der Waals surface area contributed by atoms with E-state index in [1.807, 2.05) is 38.1 Å². The summed E-state index contributed by atoms with van der Waals surface area (Å²) >= 11 is 0. The number of alkyl carbamates (subject to hydrolysis) is 1. The molecule has 1 aliphatic carbocycles. The van der Waals surface area contributed by atoms with E-state index in [4.69, 9.17) is 4.74 Å². The quantitative estimate of drug-likeness (QED) is 0.279. The predicted octanol–water partition coefficient (Wildman–Crippen LogP) is 5.27. The van der Waals surface area contributed by atoms with Crippen molar-refractivity contribution >= 4 is 17.9 Å². The van der Waals surface area contributed by atoms with Gasteiger partial charge < -0.3 is 25.8 Å². The number of phenols is 1. The van der Waals surface area contributed by atoms with Crippen LogP contribution in [0.25, 0.3) is 11.1 Å². The summed E-state index contributed by atoms with van der Waals surface area (Å²) in [6, 6.07) is 18.1. The van der Waals surface area contributed by atoms with Crippen molar-refractivity contribution in [2.75, 3.05) is 6.54 Å². The smallest absolute Gasteiger partial charge is 0.408 e. The van der Waals surface area contributed by atoms with Gasteiger partial charge in [-0.1, -0.05) is 48.5 Å². The lowest BCUT2D eigenvalue weighted by Gasteiger charge is -2.25. The van der Waals surface area contributed by atoms with Crippen LogP contribution >= 0.6 is 0 Å². The Morgan fingerprint density at radius 2 is 1.43 bits per heavy atom. The number of nitrogens with one attached hydrogen (secondary N) is 3. The van der Waals surface area contributed by atoms with E-state index >= 15 is 0 Å². The number of carbonyl (C=O) groups is 3. The number of fused-ring (bicyclic) bond motifs is 3. The van der Waals surface area contributed by atoms with Crippen LogP contribution in [0.15, 0.2) is 60.7 Å². The van der Waals surface area contributed by atoms with Gasteiger partial charge in [0.15, 0.2) is 0 Å². The molecule has 8 nitrogen and oxygen atoms in total. The lowest BCUT2D eigenvalue weighted by molar-refractivity contribution is -0.129. The number of amides is 3. The Hall–Kier alpha value is -4.33. The lowest BCUT2D eigenvalue weighted by atomic mass is 9.93. The Bertz CT molecular complexity index is 1410. The summed E-state index contributed by atoms with van der Waals surface area (Å²) in [4.78, 5) is 39.0. The van der Waals surface area contributed by atoms with E-state index in [1.165, 1.54) is 22.3 Å². The molecule has 0 radical (unpaired) electrons. The highest BCUT2D eigenvalue weighted by Crippen LogP contribution is 2.45. The molecule has 0 unspecified atom stereocenters. The lowest BCUT2D eigenvalue weighted by Crippen LogP contribution is -2.54. The molecule has 0 saturated carbocycles. The fourth-order valence-electron chi connectivity index (χ4n) is 5.60. The third kappa shape index (κ3) is 7.29. The van der Waals surface area contributed by atoms with Crippen molar-refractivity contribution in [3.63, 3.8) is 0 Å². The number of hydrogen-bond donors (Lipinski definition) is 4. The molecule has 3 aromatic rings. The fraction of sp³-hybridized carbons (Fsp3) is 0.382. The Morgan fingerprint density at radius 3 is 1.98 bits per heavy atom. The topological polar surface area (TPSA) is 117 Å². The molecule has 0 heterocycles. The zero-order chi connectivity index (χ0) is 30.6. The Morgan fingerprint density at radius 1 is 0.881 bits per heavy atom. The van der Waals surface area contributed by atoms with E-state index in [0.717, 1.165) is 23.1 Å². The highest BCUT2D eigenvalue weighted by Gasteiger charge is 2.30. The fourth-order valence-corrected chi connectivity index (χ4v) is 5.60. The molecule has 8 heteroatoms. The van der Waals surface area contributed by atoms with Crippen LogP contribution < -0.4 is 16.0 Å². The van der Waals surface area contributed by atoms with Crippen LogP contribution in [0.3, 0.4) is 0 Å². The molecule has 3 amide bonds. The normalized spacial score (nSPS) is 13.9. The van der Waals surface area contributed by atoms with E-state index in [9.17, 15) is 19.5 Å². The molecule has 0 fully saturated rings. The minimum Gasteiger partial charge on any atom is -0.508 e. The second-order valence-electron chi connectivity index (χ2n) is 12.0. The maximum Gasteiger partial charge on any atom is 0.408 e. The van der Waals surface area contributed by atoms with Crippen molar-refractivity contribution in [2.24, 2.45) is 0 Å². The van der Waals surface area contributed by atoms with Gasteiger partial charge >= 0.3 is 6.09 Å². The molecule has 0 bridgehead atoms. The molecule has 42 heavy (non-hydrogen) atoms. The molecule has 222 valence electrons. The Balaban J connectivity index is 1.40. The zero-order valence-corrected chi connectivity index (χ0v) is 25.2.